The maximum absolute atomic E-state index is 14.1. The molecule has 7 heteroatoms. The van der Waals surface area contributed by atoms with Crippen LogP contribution in [0.3, 0.4) is 0 Å². The number of nitrogens with one attached hydrogen (secondary N) is 1. The fourth-order valence-corrected chi connectivity index (χ4v) is 3.07. The molecule has 19 heavy (non-hydrogen) atoms. The second-order valence-electron chi connectivity index (χ2n) is 4.19. The van der Waals surface area contributed by atoms with Gasteiger partial charge in [-0.15, -0.1) is 0 Å². The molecule has 0 heterocycles. The Morgan fingerprint density at radius 1 is 1.32 bits per heavy atom. The predicted octanol–water partition coefficient (Wildman–Crippen LogP) is 1.71. The number of nitrogens with zero attached hydrogens (tertiary/aromatic N) is 1. The van der Waals surface area contributed by atoms with Gasteiger partial charge >= 0.3 is 0 Å². The van der Waals surface area contributed by atoms with Crippen LogP contribution >= 0.6 is 0 Å². The first-order valence-corrected chi connectivity index (χ1v) is 7.38. The summed E-state index contributed by atoms with van der Waals surface area (Å²) in [5.74, 6) is -1.79. The molecular formula is C12H18F2N2O2S. The van der Waals surface area contributed by atoms with E-state index in [9.17, 15) is 17.2 Å². The van der Waals surface area contributed by atoms with Crippen molar-refractivity contribution in [2.24, 2.45) is 0 Å². The van der Waals surface area contributed by atoms with Crippen LogP contribution in [-0.4, -0.2) is 33.4 Å². The quantitative estimate of drug-likeness (QED) is 0.868. The molecular weight excluding hydrogens is 274 g/mol. The van der Waals surface area contributed by atoms with Crippen LogP contribution in [0.15, 0.2) is 17.0 Å². The van der Waals surface area contributed by atoms with Crippen molar-refractivity contribution in [2.45, 2.75) is 24.8 Å². The van der Waals surface area contributed by atoms with Crippen molar-refractivity contribution < 1.29 is 17.2 Å². The number of halogens is 2. The molecule has 4 nitrogen and oxygen atoms in total. The molecule has 0 fully saturated rings. The Kier molecular flexibility index (Phi) is 5.39. The summed E-state index contributed by atoms with van der Waals surface area (Å²) >= 11 is 0. The Labute approximate surface area is 112 Å². The summed E-state index contributed by atoms with van der Waals surface area (Å²) < 4.78 is 53.0. The number of hydrogen-bond acceptors (Lipinski definition) is 3. The molecule has 0 aliphatic rings. The van der Waals surface area contributed by atoms with Gasteiger partial charge in [0.05, 0.1) is 0 Å². The zero-order valence-electron chi connectivity index (χ0n) is 11.2. The van der Waals surface area contributed by atoms with Crippen molar-refractivity contribution in [3.05, 3.63) is 29.3 Å². The molecule has 1 N–H and O–H groups in total. The SMILES string of the molecule is CCCN(C)S(=O)(=O)c1ccc(F)c(CNC)c1F. The van der Waals surface area contributed by atoms with E-state index in [0.717, 1.165) is 16.4 Å². The molecule has 0 saturated carbocycles. The molecule has 108 valence electrons. The van der Waals surface area contributed by atoms with Crippen LogP contribution in [0.4, 0.5) is 8.78 Å². The Balaban J connectivity index is 3.32. The number of benzene rings is 1. The molecule has 1 aromatic carbocycles. The monoisotopic (exact) mass is 292 g/mol. The summed E-state index contributed by atoms with van der Waals surface area (Å²) in [5, 5.41) is 2.61. The Bertz CT molecular complexity index is 547. The van der Waals surface area contributed by atoms with Gasteiger partial charge in [0.25, 0.3) is 0 Å². The summed E-state index contributed by atoms with van der Waals surface area (Å²) in [7, 11) is -1.02. The highest BCUT2D eigenvalue weighted by atomic mass is 32.2. The van der Waals surface area contributed by atoms with Gasteiger partial charge in [-0.2, -0.15) is 0 Å². The molecule has 0 radical (unpaired) electrons. The number of rotatable bonds is 6. The minimum Gasteiger partial charge on any atom is -0.315 e. The van der Waals surface area contributed by atoms with Crippen LogP contribution in [0.2, 0.25) is 0 Å². The van der Waals surface area contributed by atoms with E-state index in [1.807, 2.05) is 6.92 Å². The van der Waals surface area contributed by atoms with Crippen molar-refractivity contribution >= 4 is 10.0 Å². The molecule has 0 unspecified atom stereocenters. The van der Waals surface area contributed by atoms with Crippen molar-refractivity contribution in [1.82, 2.24) is 9.62 Å². The molecule has 0 spiro atoms. The fraction of sp³-hybridized carbons (Fsp3) is 0.500. The highest BCUT2D eigenvalue weighted by Crippen LogP contribution is 2.23. The van der Waals surface area contributed by atoms with Crippen LogP contribution in [0.1, 0.15) is 18.9 Å². The van der Waals surface area contributed by atoms with Gasteiger partial charge in [0.1, 0.15) is 10.7 Å². The van der Waals surface area contributed by atoms with E-state index in [-0.39, 0.29) is 18.7 Å². The Morgan fingerprint density at radius 2 is 1.95 bits per heavy atom. The van der Waals surface area contributed by atoms with Gasteiger partial charge in [-0.3, -0.25) is 0 Å². The maximum atomic E-state index is 14.1. The third-order valence-electron chi connectivity index (χ3n) is 2.73. The number of hydrogen-bond donors (Lipinski definition) is 1. The summed E-state index contributed by atoms with van der Waals surface area (Å²) in [5.41, 5.74) is -0.270. The lowest BCUT2D eigenvalue weighted by Crippen LogP contribution is -2.29. The average Bonchev–Trinajstić information content (AvgIpc) is 2.34. The number of sulfonamides is 1. The van der Waals surface area contributed by atoms with E-state index in [4.69, 9.17) is 0 Å². The lowest BCUT2D eigenvalue weighted by Gasteiger charge is -2.17. The van der Waals surface area contributed by atoms with Crippen LogP contribution in [-0.2, 0) is 16.6 Å². The molecule has 0 amide bonds. The highest BCUT2D eigenvalue weighted by molar-refractivity contribution is 7.89. The summed E-state index contributed by atoms with van der Waals surface area (Å²) in [4.78, 5) is -0.491. The Hall–Kier alpha value is -1.05. The van der Waals surface area contributed by atoms with Crippen LogP contribution in [0, 0.1) is 11.6 Å². The third-order valence-corrected chi connectivity index (χ3v) is 4.61. The van der Waals surface area contributed by atoms with Crippen molar-refractivity contribution in [2.75, 3.05) is 20.6 Å². The fourth-order valence-electron chi connectivity index (χ4n) is 1.72. The topological polar surface area (TPSA) is 49.4 Å². The maximum Gasteiger partial charge on any atom is 0.245 e. The highest BCUT2D eigenvalue weighted by Gasteiger charge is 2.26. The van der Waals surface area contributed by atoms with Crippen LogP contribution < -0.4 is 5.32 Å². The largest absolute Gasteiger partial charge is 0.315 e. The van der Waals surface area contributed by atoms with E-state index < -0.39 is 26.6 Å². The summed E-state index contributed by atoms with van der Waals surface area (Å²) in [6, 6.07) is 1.94. The second-order valence-corrected chi connectivity index (χ2v) is 6.21. The first kappa shape index (κ1) is 16.0. The first-order valence-electron chi connectivity index (χ1n) is 5.94. The minimum absolute atomic E-state index is 0.0709. The molecule has 0 aromatic heterocycles. The smallest absolute Gasteiger partial charge is 0.245 e. The molecule has 0 atom stereocenters. The zero-order chi connectivity index (χ0) is 14.6. The van der Waals surface area contributed by atoms with E-state index in [0.29, 0.717) is 6.42 Å². The molecule has 0 aliphatic carbocycles. The standard InChI is InChI=1S/C12H18F2N2O2S/c1-4-7-16(3)19(17,18)11-6-5-10(13)9(8-15-2)12(11)14/h5-6,15H,4,7-8H2,1-3H3. The van der Waals surface area contributed by atoms with Gasteiger partial charge in [-0.25, -0.2) is 21.5 Å². The van der Waals surface area contributed by atoms with E-state index in [1.54, 1.807) is 0 Å². The van der Waals surface area contributed by atoms with Gasteiger partial charge < -0.3 is 5.32 Å². The van der Waals surface area contributed by atoms with Crippen LogP contribution in [0.5, 0.6) is 0 Å². The molecule has 1 aromatic rings. The molecule has 0 aliphatic heterocycles. The first-order chi connectivity index (χ1) is 8.86. The average molecular weight is 292 g/mol. The van der Waals surface area contributed by atoms with Crippen LogP contribution in [0.25, 0.3) is 0 Å². The van der Waals surface area contributed by atoms with E-state index in [2.05, 4.69) is 5.32 Å². The molecule has 0 bridgehead atoms. The van der Waals surface area contributed by atoms with Gasteiger partial charge in [0.2, 0.25) is 10.0 Å². The van der Waals surface area contributed by atoms with Gasteiger partial charge in [0, 0.05) is 25.7 Å². The van der Waals surface area contributed by atoms with E-state index in [1.165, 1.54) is 14.1 Å². The van der Waals surface area contributed by atoms with Gasteiger partial charge in [0.15, 0.2) is 5.82 Å². The van der Waals surface area contributed by atoms with E-state index >= 15 is 0 Å². The zero-order valence-corrected chi connectivity index (χ0v) is 12.0. The van der Waals surface area contributed by atoms with Gasteiger partial charge in [-0.05, 0) is 25.6 Å². The summed E-state index contributed by atoms with van der Waals surface area (Å²) in [6.07, 6.45) is 0.613. The lowest BCUT2D eigenvalue weighted by molar-refractivity contribution is 0.457. The second kappa shape index (κ2) is 6.40. The third kappa shape index (κ3) is 3.29. The lowest BCUT2D eigenvalue weighted by atomic mass is 10.2. The minimum atomic E-state index is -3.93. The molecule has 1 rings (SSSR count). The van der Waals surface area contributed by atoms with Crippen molar-refractivity contribution in [3.8, 4) is 0 Å². The molecule has 0 saturated heterocycles. The Morgan fingerprint density at radius 3 is 2.47 bits per heavy atom. The summed E-state index contributed by atoms with van der Waals surface area (Å²) in [6.45, 7) is 2.03. The van der Waals surface area contributed by atoms with Gasteiger partial charge in [-0.1, -0.05) is 6.92 Å². The predicted molar refractivity (Wildman–Crippen MR) is 69.2 cm³/mol. The normalized spacial score (nSPS) is 12.1. The van der Waals surface area contributed by atoms with Crippen molar-refractivity contribution in [1.29, 1.82) is 0 Å². The van der Waals surface area contributed by atoms with Crippen molar-refractivity contribution in [3.63, 3.8) is 0 Å².